The fraction of sp³-hybridized carbons (Fsp3) is 0.538. The maximum absolute atomic E-state index is 13.8. The second-order valence-corrected chi connectivity index (χ2v) is 9.39. The van der Waals surface area contributed by atoms with Crippen LogP contribution >= 0.6 is 0 Å². The molecule has 3 aliphatic rings. The first-order valence-corrected chi connectivity index (χ1v) is 11.7. The Morgan fingerprint density at radius 2 is 1.71 bits per heavy atom. The third-order valence-corrected chi connectivity index (χ3v) is 7.34. The van der Waals surface area contributed by atoms with E-state index in [0.29, 0.717) is 13.2 Å². The van der Waals surface area contributed by atoms with Gasteiger partial charge in [-0.1, -0.05) is 48.9 Å². The number of piperazine rings is 1. The molecular formula is C26H33FN2O2. The van der Waals surface area contributed by atoms with Crippen molar-refractivity contribution in [2.24, 2.45) is 0 Å². The van der Waals surface area contributed by atoms with Gasteiger partial charge >= 0.3 is 0 Å². The van der Waals surface area contributed by atoms with Crippen molar-refractivity contribution in [2.75, 3.05) is 45.9 Å². The van der Waals surface area contributed by atoms with Crippen LogP contribution in [-0.2, 0) is 21.3 Å². The Hall–Kier alpha value is -1.79. The molecule has 2 saturated heterocycles. The highest BCUT2D eigenvalue weighted by Gasteiger charge is 2.41. The minimum atomic E-state index is -0.117. The van der Waals surface area contributed by atoms with Gasteiger partial charge in [-0.25, -0.2) is 4.39 Å². The number of rotatable bonds is 6. The van der Waals surface area contributed by atoms with E-state index in [1.54, 1.807) is 12.1 Å². The Labute approximate surface area is 184 Å². The molecule has 1 saturated carbocycles. The summed E-state index contributed by atoms with van der Waals surface area (Å²) in [5.74, 6) is -0.117. The standard InChI is InChI=1S/C26H33FN2O2/c27-23-9-4-8-22(17-23)26(10-5-11-26)20-28-12-14-29(15-13-28)25-19-30-24(18-31-25)16-21-6-2-1-3-7-21/h1-4,6-9,17,24-25H,5,10-16,18-20H2. The van der Waals surface area contributed by atoms with Gasteiger partial charge in [-0.05, 0) is 36.1 Å². The van der Waals surface area contributed by atoms with Crippen LogP contribution in [0.2, 0.25) is 0 Å². The van der Waals surface area contributed by atoms with E-state index in [-0.39, 0.29) is 23.6 Å². The SMILES string of the molecule is Fc1cccc(C2(CN3CCN(C4COC(Cc5ccccc5)CO4)CC3)CCC2)c1. The van der Waals surface area contributed by atoms with Gasteiger partial charge < -0.3 is 9.47 Å². The molecule has 4 nitrogen and oxygen atoms in total. The van der Waals surface area contributed by atoms with Crippen molar-refractivity contribution in [2.45, 2.75) is 43.4 Å². The van der Waals surface area contributed by atoms with Gasteiger partial charge in [0, 0.05) is 44.6 Å². The molecule has 3 fully saturated rings. The molecule has 5 heteroatoms. The van der Waals surface area contributed by atoms with E-state index < -0.39 is 0 Å². The van der Waals surface area contributed by atoms with Gasteiger partial charge in [-0.3, -0.25) is 9.80 Å². The second-order valence-electron chi connectivity index (χ2n) is 9.39. The van der Waals surface area contributed by atoms with Crippen LogP contribution in [0.15, 0.2) is 54.6 Å². The van der Waals surface area contributed by atoms with Gasteiger partial charge in [0.1, 0.15) is 12.0 Å². The minimum Gasteiger partial charge on any atom is -0.371 e. The highest BCUT2D eigenvalue weighted by Crippen LogP contribution is 2.44. The Kier molecular flexibility index (Phi) is 6.37. The molecule has 0 radical (unpaired) electrons. The van der Waals surface area contributed by atoms with Gasteiger partial charge in [0.25, 0.3) is 0 Å². The normalized spacial score (nSPS) is 27.0. The second kappa shape index (κ2) is 9.37. The van der Waals surface area contributed by atoms with Gasteiger partial charge in [-0.15, -0.1) is 0 Å². The number of hydrogen-bond donors (Lipinski definition) is 0. The molecule has 2 heterocycles. The smallest absolute Gasteiger partial charge is 0.134 e. The topological polar surface area (TPSA) is 24.9 Å². The van der Waals surface area contributed by atoms with E-state index in [2.05, 4.69) is 40.1 Å². The van der Waals surface area contributed by atoms with Crippen LogP contribution < -0.4 is 0 Å². The average Bonchev–Trinajstić information content (AvgIpc) is 2.78. The van der Waals surface area contributed by atoms with E-state index in [4.69, 9.17) is 9.47 Å². The first kappa shape index (κ1) is 21.1. The van der Waals surface area contributed by atoms with Crippen molar-refractivity contribution >= 4 is 0 Å². The van der Waals surface area contributed by atoms with Crippen LogP contribution in [0.25, 0.3) is 0 Å². The molecule has 166 valence electrons. The summed E-state index contributed by atoms with van der Waals surface area (Å²) in [6, 6.07) is 17.7. The molecule has 0 amide bonds. The van der Waals surface area contributed by atoms with Gasteiger partial charge in [0.2, 0.25) is 0 Å². The summed E-state index contributed by atoms with van der Waals surface area (Å²) in [5.41, 5.74) is 2.61. The number of ether oxygens (including phenoxy) is 2. The molecule has 2 unspecified atom stereocenters. The average molecular weight is 425 g/mol. The maximum atomic E-state index is 13.8. The highest BCUT2D eigenvalue weighted by atomic mass is 19.1. The predicted octanol–water partition coefficient (Wildman–Crippen LogP) is 3.85. The Bertz CT molecular complexity index is 841. The summed E-state index contributed by atoms with van der Waals surface area (Å²) in [5, 5.41) is 0. The number of halogens is 1. The molecule has 0 aromatic heterocycles. The van der Waals surface area contributed by atoms with E-state index in [1.807, 2.05) is 12.1 Å². The van der Waals surface area contributed by atoms with Gasteiger partial charge in [-0.2, -0.15) is 0 Å². The van der Waals surface area contributed by atoms with Crippen molar-refractivity contribution in [3.8, 4) is 0 Å². The zero-order valence-electron chi connectivity index (χ0n) is 18.2. The molecule has 0 spiro atoms. The summed E-state index contributed by atoms with van der Waals surface area (Å²) >= 11 is 0. The summed E-state index contributed by atoms with van der Waals surface area (Å²) < 4.78 is 26.1. The molecule has 0 bridgehead atoms. The van der Waals surface area contributed by atoms with E-state index in [0.717, 1.165) is 39.1 Å². The van der Waals surface area contributed by atoms with Crippen molar-refractivity contribution in [3.63, 3.8) is 0 Å². The van der Waals surface area contributed by atoms with Crippen LogP contribution in [0.4, 0.5) is 4.39 Å². The van der Waals surface area contributed by atoms with Crippen LogP contribution in [-0.4, -0.2) is 68.1 Å². The molecule has 5 rings (SSSR count). The van der Waals surface area contributed by atoms with Crippen LogP contribution in [0.5, 0.6) is 0 Å². The molecule has 1 aliphatic carbocycles. The highest BCUT2D eigenvalue weighted by molar-refractivity contribution is 5.29. The summed E-state index contributed by atoms with van der Waals surface area (Å²) in [7, 11) is 0. The molecule has 2 aliphatic heterocycles. The van der Waals surface area contributed by atoms with Gasteiger partial charge in [0.15, 0.2) is 0 Å². The predicted molar refractivity (Wildman–Crippen MR) is 120 cm³/mol. The summed E-state index contributed by atoms with van der Waals surface area (Å²) in [4.78, 5) is 4.98. The molecule has 2 aromatic rings. The molecular weight excluding hydrogens is 391 g/mol. The van der Waals surface area contributed by atoms with Gasteiger partial charge in [0.05, 0.1) is 19.3 Å². The zero-order valence-corrected chi connectivity index (χ0v) is 18.2. The van der Waals surface area contributed by atoms with Crippen LogP contribution in [0, 0.1) is 5.82 Å². The fourth-order valence-electron chi connectivity index (χ4n) is 5.34. The van der Waals surface area contributed by atoms with Crippen molar-refractivity contribution in [3.05, 3.63) is 71.5 Å². The minimum absolute atomic E-state index is 0.0649. The monoisotopic (exact) mass is 424 g/mol. The molecule has 31 heavy (non-hydrogen) atoms. The lowest BCUT2D eigenvalue weighted by Gasteiger charge is -2.48. The van der Waals surface area contributed by atoms with Crippen LogP contribution in [0.1, 0.15) is 30.4 Å². The zero-order chi connectivity index (χ0) is 21.1. The fourth-order valence-corrected chi connectivity index (χ4v) is 5.34. The third-order valence-electron chi connectivity index (χ3n) is 7.34. The van der Waals surface area contributed by atoms with Crippen molar-refractivity contribution in [1.29, 1.82) is 0 Å². The molecule has 2 atom stereocenters. The first-order valence-electron chi connectivity index (χ1n) is 11.7. The lowest BCUT2D eigenvalue weighted by molar-refractivity contribution is -0.190. The summed E-state index contributed by atoms with van der Waals surface area (Å²) in [6.07, 6.45) is 4.69. The van der Waals surface area contributed by atoms with E-state index >= 15 is 0 Å². The largest absolute Gasteiger partial charge is 0.371 e. The van der Waals surface area contributed by atoms with Crippen molar-refractivity contribution < 1.29 is 13.9 Å². The molecule has 2 aromatic carbocycles. The molecule has 0 N–H and O–H groups in total. The number of nitrogens with zero attached hydrogens (tertiary/aromatic N) is 2. The van der Waals surface area contributed by atoms with E-state index in [1.165, 1.54) is 30.4 Å². The number of benzene rings is 2. The lowest BCUT2D eigenvalue weighted by Crippen LogP contribution is -2.57. The maximum Gasteiger partial charge on any atom is 0.134 e. The Balaban J connectivity index is 1.09. The van der Waals surface area contributed by atoms with Crippen LogP contribution in [0.3, 0.4) is 0 Å². The summed E-state index contributed by atoms with van der Waals surface area (Å²) in [6.45, 7) is 6.39. The quantitative estimate of drug-likeness (QED) is 0.703. The van der Waals surface area contributed by atoms with E-state index in [9.17, 15) is 4.39 Å². The third kappa shape index (κ3) is 4.85. The lowest BCUT2D eigenvalue weighted by atomic mass is 9.64. The Morgan fingerprint density at radius 3 is 2.35 bits per heavy atom. The van der Waals surface area contributed by atoms with Crippen molar-refractivity contribution in [1.82, 2.24) is 9.80 Å². The number of hydrogen-bond acceptors (Lipinski definition) is 4. The first-order chi connectivity index (χ1) is 15.2. The Morgan fingerprint density at radius 1 is 0.903 bits per heavy atom.